The molecule has 0 aromatic rings. The topological polar surface area (TPSA) is 92.4 Å². The number of nitrogens with one attached hydrogen (secondary N) is 1. The number of nitrogens with two attached hydrogens (primary N) is 1. The number of amides is 1. The molecular formula is C14H24N2O3. The fourth-order valence-corrected chi connectivity index (χ4v) is 3.30. The van der Waals surface area contributed by atoms with Crippen LogP contribution < -0.4 is 11.1 Å². The average Bonchev–Trinajstić information content (AvgIpc) is 2.40. The lowest BCUT2D eigenvalue weighted by Gasteiger charge is -2.39. The highest BCUT2D eigenvalue weighted by Crippen LogP contribution is 2.31. The van der Waals surface area contributed by atoms with Gasteiger partial charge in [-0.3, -0.25) is 4.79 Å². The van der Waals surface area contributed by atoms with Crippen LogP contribution in [-0.4, -0.2) is 28.1 Å². The molecule has 0 heterocycles. The molecule has 2 rings (SSSR count). The minimum absolute atomic E-state index is 0.267. The fraction of sp³-hybridized carbons (Fsp3) is 0.857. The third-order valence-electron chi connectivity index (χ3n) is 4.67. The molecular weight excluding hydrogens is 244 g/mol. The van der Waals surface area contributed by atoms with E-state index >= 15 is 0 Å². The molecule has 2 fully saturated rings. The smallest absolute Gasteiger partial charge is 0.329 e. The Morgan fingerprint density at radius 1 is 0.895 bits per heavy atom. The van der Waals surface area contributed by atoms with Crippen molar-refractivity contribution in [1.82, 2.24) is 5.32 Å². The number of hydrogen-bond donors (Lipinski definition) is 3. The van der Waals surface area contributed by atoms with Gasteiger partial charge in [-0.25, -0.2) is 4.79 Å². The molecule has 0 spiro atoms. The third kappa shape index (κ3) is 2.91. The molecule has 5 heteroatoms. The largest absolute Gasteiger partial charge is 0.480 e. The molecule has 0 radical (unpaired) electrons. The Balaban J connectivity index is 2.08. The van der Waals surface area contributed by atoms with E-state index in [1.165, 1.54) is 0 Å². The van der Waals surface area contributed by atoms with Crippen molar-refractivity contribution in [2.45, 2.75) is 75.3 Å². The molecule has 2 aliphatic rings. The van der Waals surface area contributed by atoms with E-state index in [2.05, 4.69) is 5.32 Å². The third-order valence-corrected chi connectivity index (χ3v) is 4.67. The first kappa shape index (κ1) is 14.3. The maximum atomic E-state index is 12.4. The molecule has 0 atom stereocenters. The van der Waals surface area contributed by atoms with Gasteiger partial charge in [-0.2, -0.15) is 0 Å². The monoisotopic (exact) mass is 268 g/mol. The maximum Gasteiger partial charge on any atom is 0.329 e. The van der Waals surface area contributed by atoms with Gasteiger partial charge in [0.2, 0.25) is 5.91 Å². The predicted octanol–water partition coefficient (Wildman–Crippen LogP) is 1.55. The van der Waals surface area contributed by atoms with Crippen molar-refractivity contribution in [3.05, 3.63) is 0 Å². The Labute approximate surface area is 113 Å². The summed E-state index contributed by atoms with van der Waals surface area (Å²) in [6.45, 7) is 0. The number of carbonyl (C=O) groups is 2. The SMILES string of the molecule is NC1(C(=O)NC2(C(=O)O)CCCCC2)CCCCC1. The van der Waals surface area contributed by atoms with E-state index in [1.54, 1.807) is 0 Å². The summed E-state index contributed by atoms with van der Waals surface area (Å²) in [5, 5.41) is 12.2. The van der Waals surface area contributed by atoms with Gasteiger partial charge >= 0.3 is 5.97 Å². The highest BCUT2D eigenvalue weighted by atomic mass is 16.4. The Hall–Kier alpha value is -1.10. The molecule has 0 unspecified atom stereocenters. The Bertz CT molecular complexity index is 356. The van der Waals surface area contributed by atoms with Crippen LogP contribution >= 0.6 is 0 Å². The van der Waals surface area contributed by atoms with E-state index in [0.717, 1.165) is 38.5 Å². The van der Waals surface area contributed by atoms with Crippen molar-refractivity contribution < 1.29 is 14.7 Å². The highest BCUT2D eigenvalue weighted by molar-refractivity contribution is 5.92. The van der Waals surface area contributed by atoms with E-state index in [-0.39, 0.29) is 5.91 Å². The summed E-state index contributed by atoms with van der Waals surface area (Å²) in [6, 6.07) is 0. The van der Waals surface area contributed by atoms with Crippen LogP contribution in [0, 0.1) is 0 Å². The lowest BCUT2D eigenvalue weighted by molar-refractivity contribution is -0.150. The maximum absolute atomic E-state index is 12.4. The Morgan fingerprint density at radius 3 is 1.84 bits per heavy atom. The standard InChI is InChI=1S/C14H24N2O3/c15-13(7-3-1-4-8-13)11(17)16-14(12(18)19)9-5-2-6-10-14/h1-10,15H2,(H,16,17)(H,18,19). The first-order valence-corrected chi connectivity index (χ1v) is 7.33. The summed E-state index contributed by atoms with van der Waals surface area (Å²) in [4.78, 5) is 23.9. The van der Waals surface area contributed by atoms with Gasteiger partial charge in [0.25, 0.3) is 0 Å². The van der Waals surface area contributed by atoms with Crippen molar-refractivity contribution in [2.24, 2.45) is 5.73 Å². The average molecular weight is 268 g/mol. The molecule has 0 saturated heterocycles. The summed E-state index contributed by atoms with van der Waals surface area (Å²) in [7, 11) is 0. The molecule has 4 N–H and O–H groups in total. The van der Waals surface area contributed by atoms with Gasteiger partial charge < -0.3 is 16.2 Å². The van der Waals surface area contributed by atoms with E-state index in [1.807, 2.05) is 0 Å². The molecule has 0 aromatic carbocycles. The molecule has 19 heavy (non-hydrogen) atoms. The molecule has 2 saturated carbocycles. The van der Waals surface area contributed by atoms with Crippen molar-refractivity contribution in [3.8, 4) is 0 Å². The molecule has 1 amide bonds. The minimum Gasteiger partial charge on any atom is -0.480 e. The van der Waals surface area contributed by atoms with Gasteiger partial charge in [0, 0.05) is 0 Å². The molecule has 0 aliphatic heterocycles. The van der Waals surface area contributed by atoms with Gasteiger partial charge in [-0.1, -0.05) is 38.5 Å². The predicted molar refractivity (Wildman–Crippen MR) is 71.6 cm³/mol. The zero-order valence-electron chi connectivity index (χ0n) is 11.4. The molecule has 108 valence electrons. The molecule has 5 nitrogen and oxygen atoms in total. The number of carbonyl (C=O) groups excluding carboxylic acids is 1. The van der Waals surface area contributed by atoms with Crippen LogP contribution in [0.2, 0.25) is 0 Å². The van der Waals surface area contributed by atoms with Crippen LogP contribution in [-0.2, 0) is 9.59 Å². The number of carboxylic acid groups (broad SMARTS) is 1. The summed E-state index contributed by atoms with van der Waals surface area (Å²) < 4.78 is 0. The van der Waals surface area contributed by atoms with Crippen LogP contribution in [0.15, 0.2) is 0 Å². The zero-order valence-corrected chi connectivity index (χ0v) is 11.4. The highest BCUT2D eigenvalue weighted by Gasteiger charge is 2.45. The van der Waals surface area contributed by atoms with Crippen molar-refractivity contribution in [2.75, 3.05) is 0 Å². The van der Waals surface area contributed by atoms with E-state index in [9.17, 15) is 14.7 Å². The minimum atomic E-state index is -1.08. The zero-order chi connectivity index (χ0) is 13.9. The van der Waals surface area contributed by atoms with Crippen LogP contribution in [0.3, 0.4) is 0 Å². The quantitative estimate of drug-likeness (QED) is 0.724. The number of rotatable bonds is 3. The van der Waals surface area contributed by atoms with Crippen molar-refractivity contribution >= 4 is 11.9 Å². The van der Waals surface area contributed by atoms with Gasteiger partial charge in [0.15, 0.2) is 0 Å². The van der Waals surface area contributed by atoms with E-state index in [0.29, 0.717) is 25.7 Å². The second kappa shape index (κ2) is 5.49. The van der Waals surface area contributed by atoms with Gasteiger partial charge in [0.05, 0.1) is 5.54 Å². The normalized spacial score (nSPS) is 25.5. The van der Waals surface area contributed by atoms with Crippen LogP contribution in [0.25, 0.3) is 0 Å². The second-order valence-corrected chi connectivity index (χ2v) is 6.12. The second-order valence-electron chi connectivity index (χ2n) is 6.12. The van der Waals surface area contributed by atoms with Gasteiger partial charge in [0.1, 0.15) is 5.54 Å². The Morgan fingerprint density at radius 2 is 1.37 bits per heavy atom. The first-order valence-electron chi connectivity index (χ1n) is 7.33. The van der Waals surface area contributed by atoms with Crippen molar-refractivity contribution in [3.63, 3.8) is 0 Å². The lowest BCUT2D eigenvalue weighted by Crippen LogP contribution is -2.64. The van der Waals surface area contributed by atoms with Crippen molar-refractivity contribution in [1.29, 1.82) is 0 Å². The van der Waals surface area contributed by atoms with Gasteiger partial charge in [-0.05, 0) is 25.7 Å². The van der Waals surface area contributed by atoms with Crippen LogP contribution in [0.1, 0.15) is 64.2 Å². The first-order chi connectivity index (χ1) is 8.99. The fourth-order valence-electron chi connectivity index (χ4n) is 3.30. The molecule has 0 bridgehead atoms. The molecule has 2 aliphatic carbocycles. The van der Waals surface area contributed by atoms with E-state index < -0.39 is 17.0 Å². The number of aliphatic carboxylic acids is 1. The van der Waals surface area contributed by atoms with Crippen LogP contribution in [0.4, 0.5) is 0 Å². The summed E-state index contributed by atoms with van der Waals surface area (Å²) in [5.41, 5.74) is 4.23. The number of hydrogen-bond acceptors (Lipinski definition) is 3. The van der Waals surface area contributed by atoms with E-state index in [4.69, 9.17) is 5.73 Å². The number of carboxylic acids is 1. The summed E-state index contributed by atoms with van der Waals surface area (Å²) in [5.74, 6) is -1.18. The molecule has 0 aromatic heterocycles. The van der Waals surface area contributed by atoms with Crippen LogP contribution in [0.5, 0.6) is 0 Å². The summed E-state index contributed by atoms with van der Waals surface area (Å²) in [6.07, 6.45) is 8.11. The Kier molecular flexibility index (Phi) is 4.13. The lowest BCUT2D eigenvalue weighted by atomic mass is 9.78. The van der Waals surface area contributed by atoms with Gasteiger partial charge in [-0.15, -0.1) is 0 Å². The summed E-state index contributed by atoms with van der Waals surface area (Å²) >= 11 is 0.